The Bertz CT molecular complexity index is 355. The van der Waals surface area contributed by atoms with E-state index in [-0.39, 0.29) is 68.5 Å². The molecule has 0 amide bonds. The van der Waals surface area contributed by atoms with Gasteiger partial charge in [0.25, 0.3) is 0 Å². The molecule has 0 bridgehead atoms. The average molecular weight is 383 g/mol. The van der Waals surface area contributed by atoms with Crippen LogP contribution in [-0.4, -0.2) is 95.3 Å². The van der Waals surface area contributed by atoms with E-state index in [1.165, 1.54) is 0 Å². The molecule has 0 aromatic heterocycles. The van der Waals surface area contributed by atoms with Gasteiger partial charge < -0.3 is 39.7 Å². The van der Waals surface area contributed by atoms with Crippen molar-refractivity contribution in [2.24, 2.45) is 0 Å². The number of aliphatic carboxylic acids is 3. The normalized spacial score (nSPS) is 10.0. The first-order valence-corrected chi connectivity index (χ1v) is 5.36. The van der Waals surface area contributed by atoms with E-state index in [1.54, 1.807) is 0 Å². The molecule has 0 aromatic carbocycles. The van der Waals surface area contributed by atoms with Gasteiger partial charge in [-0.3, -0.25) is 9.59 Å². The van der Waals surface area contributed by atoms with E-state index in [4.69, 9.17) is 39.7 Å². The van der Waals surface area contributed by atoms with Crippen molar-refractivity contribution < 1.29 is 71.1 Å². The number of phosphoric acid groups is 1. The Morgan fingerprint density at radius 3 is 1.25 bits per heavy atom. The van der Waals surface area contributed by atoms with Crippen LogP contribution in [0.5, 0.6) is 0 Å². The number of hydrogen-bond donors (Lipinski definition) is 4. The second-order valence-electron chi connectivity index (χ2n) is 2.92. The van der Waals surface area contributed by atoms with Crippen molar-refractivity contribution in [3.63, 3.8) is 0 Å². The molecule has 0 saturated heterocycles. The zero-order valence-corrected chi connectivity index (χ0v) is 10.9. The molecule has 0 aromatic rings. The van der Waals surface area contributed by atoms with Gasteiger partial charge in [-0.25, -0.2) is 4.79 Å². The van der Waals surface area contributed by atoms with Crippen LogP contribution in [0.2, 0.25) is 0 Å². The Morgan fingerprint density at radius 1 is 0.950 bits per heavy atom. The topological polar surface area (TPSA) is 218 Å². The van der Waals surface area contributed by atoms with E-state index in [1.807, 2.05) is 0 Å². The Balaban J connectivity index is -0.000000158. The van der Waals surface area contributed by atoms with Gasteiger partial charge in [0, 0.05) is 0 Å². The monoisotopic (exact) mass is 383 g/mol. The van der Waals surface area contributed by atoms with E-state index >= 15 is 0 Å². The van der Waals surface area contributed by atoms with Crippen LogP contribution < -0.4 is 14.7 Å². The summed E-state index contributed by atoms with van der Waals surface area (Å²) in [5, 5.41) is 33.8. The Hall–Kier alpha value is 0.636. The van der Waals surface area contributed by atoms with Gasteiger partial charge in [-0.2, -0.15) is 7.82 Å². The van der Waals surface area contributed by atoms with Crippen molar-refractivity contribution in [3.8, 4) is 0 Å². The Labute approximate surface area is 165 Å². The van der Waals surface area contributed by atoms with Gasteiger partial charge in [-0.05, 0) is 0 Å². The third kappa shape index (κ3) is 20.9. The zero-order valence-electron chi connectivity index (χ0n) is 8.86. The first kappa shape index (κ1) is 28.7. The molecule has 113 valence electrons. The van der Waals surface area contributed by atoms with Crippen molar-refractivity contribution in [2.75, 3.05) is 0 Å². The van der Waals surface area contributed by atoms with Crippen LogP contribution in [0.1, 0.15) is 12.8 Å². The molecule has 11 nitrogen and oxygen atoms in total. The summed E-state index contributed by atoms with van der Waals surface area (Å²) in [6, 6.07) is 0. The summed E-state index contributed by atoms with van der Waals surface area (Å²) in [4.78, 5) is 56.1. The molecule has 0 saturated carbocycles. The molecule has 0 atom stereocenters. The summed E-state index contributed by atoms with van der Waals surface area (Å²) >= 11 is 0. The minimum atomic E-state index is -5.39. The first-order chi connectivity index (χ1) is 7.78. The van der Waals surface area contributed by atoms with Crippen LogP contribution in [-0.2, 0) is 36.0 Å². The van der Waals surface area contributed by atoms with E-state index < -0.39 is 44.2 Å². The summed E-state index contributed by atoms with van der Waals surface area (Å²) in [6.45, 7) is 0. The van der Waals surface area contributed by atoms with Gasteiger partial charge in [0.05, 0.1) is 12.8 Å². The van der Waals surface area contributed by atoms with Crippen LogP contribution >= 0.6 is 7.82 Å². The van der Waals surface area contributed by atoms with Crippen molar-refractivity contribution in [2.45, 2.75) is 18.4 Å². The number of aliphatic hydroxyl groups is 1. The SMILES string of the molecule is O=C(O)CC(O)(CC(=O)O)C(=O)O.O=P([O-])([O-])[O-].[Fe+3].[KH]. The summed E-state index contributed by atoms with van der Waals surface area (Å²) in [6.07, 6.45) is -2.29. The molecule has 0 fully saturated rings. The van der Waals surface area contributed by atoms with Gasteiger partial charge in [-0.15, -0.1) is 0 Å². The number of hydrogen-bond acceptors (Lipinski definition) is 8. The Kier molecular flexibility index (Phi) is 17.5. The van der Waals surface area contributed by atoms with Gasteiger partial charge in [0.1, 0.15) is 0 Å². The fourth-order valence-electron chi connectivity index (χ4n) is 0.714. The van der Waals surface area contributed by atoms with Crippen LogP contribution in [0, 0.1) is 0 Å². The zero-order chi connectivity index (χ0) is 15.1. The standard InChI is InChI=1S/C6H8O7.Fe.K.H3O4P.H/c7-3(8)1-6(13,5(11)12)2-4(9)10;;;1-5(2,3)4;/h13H,1-2H2,(H,7,8)(H,9,10)(H,11,12);;;(H3,1,2,3,4);/q;+3;;;/p-3. The molecular formula is C6H9FeKO11P. The van der Waals surface area contributed by atoms with Gasteiger partial charge in [0.2, 0.25) is 0 Å². The maximum absolute atomic E-state index is 10.3. The van der Waals surface area contributed by atoms with Crippen molar-refractivity contribution in [1.82, 2.24) is 0 Å². The molecule has 0 aliphatic carbocycles. The fourth-order valence-corrected chi connectivity index (χ4v) is 0.714. The van der Waals surface area contributed by atoms with Crippen molar-refractivity contribution in [1.29, 1.82) is 0 Å². The second-order valence-corrected chi connectivity index (χ2v) is 3.82. The van der Waals surface area contributed by atoms with E-state index in [0.717, 1.165) is 0 Å². The molecule has 1 radical (unpaired) electrons. The summed E-state index contributed by atoms with van der Waals surface area (Å²) in [5.74, 6) is -5.02. The molecule has 0 heterocycles. The predicted molar refractivity (Wildman–Crippen MR) is 51.8 cm³/mol. The number of carbonyl (C=O) groups is 3. The van der Waals surface area contributed by atoms with E-state index in [9.17, 15) is 14.4 Å². The van der Waals surface area contributed by atoms with Crippen LogP contribution in [0.4, 0.5) is 0 Å². The summed E-state index contributed by atoms with van der Waals surface area (Å²) in [5.41, 5.74) is -2.74. The number of rotatable bonds is 5. The molecule has 20 heavy (non-hydrogen) atoms. The van der Waals surface area contributed by atoms with Crippen molar-refractivity contribution >= 4 is 77.1 Å². The fraction of sp³-hybridized carbons (Fsp3) is 0.500. The molecule has 14 heteroatoms. The molecule has 0 aliphatic heterocycles. The molecule has 0 aliphatic rings. The Morgan fingerprint density at radius 2 is 1.15 bits per heavy atom. The van der Waals surface area contributed by atoms with Crippen LogP contribution in [0.25, 0.3) is 0 Å². The molecular weight excluding hydrogens is 374 g/mol. The quantitative estimate of drug-likeness (QED) is 0.261. The second kappa shape index (κ2) is 12.2. The van der Waals surface area contributed by atoms with E-state index in [0.29, 0.717) is 0 Å². The molecule has 4 N–H and O–H groups in total. The predicted octanol–water partition coefficient (Wildman–Crippen LogP) is -4.72. The van der Waals surface area contributed by atoms with Crippen LogP contribution in [0.15, 0.2) is 0 Å². The van der Waals surface area contributed by atoms with E-state index in [2.05, 4.69) is 0 Å². The van der Waals surface area contributed by atoms with Gasteiger partial charge in [0.15, 0.2) is 5.60 Å². The summed E-state index contributed by atoms with van der Waals surface area (Å²) in [7, 11) is -5.39. The van der Waals surface area contributed by atoms with Crippen molar-refractivity contribution in [3.05, 3.63) is 0 Å². The average Bonchev–Trinajstić information content (AvgIpc) is 1.95. The van der Waals surface area contributed by atoms with Crippen LogP contribution in [0.3, 0.4) is 0 Å². The van der Waals surface area contributed by atoms with Gasteiger partial charge >= 0.3 is 86.4 Å². The minimum absolute atomic E-state index is 0. The number of carboxylic acids is 3. The third-order valence-electron chi connectivity index (χ3n) is 1.29. The maximum atomic E-state index is 10.3. The molecule has 0 rings (SSSR count). The molecule has 0 unspecified atom stereocenters. The van der Waals surface area contributed by atoms with Gasteiger partial charge in [-0.1, -0.05) is 0 Å². The third-order valence-corrected chi connectivity index (χ3v) is 1.29. The first-order valence-electron chi connectivity index (χ1n) is 3.90. The summed E-state index contributed by atoms with van der Waals surface area (Å²) < 4.78 is 8.55. The molecule has 0 spiro atoms. The number of carboxylic acid groups (broad SMARTS) is 3.